The van der Waals surface area contributed by atoms with Crippen molar-refractivity contribution >= 4 is 15.9 Å². The Morgan fingerprint density at radius 3 is 2.45 bits per heavy atom. The van der Waals surface area contributed by atoms with E-state index in [1.165, 1.54) is 22.8 Å². The first-order chi connectivity index (χ1) is 15.8. The molecule has 2 heterocycles. The van der Waals surface area contributed by atoms with Crippen LogP contribution in [0.2, 0.25) is 0 Å². The predicted octanol–water partition coefficient (Wildman–Crippen LogP) is 3.03. The molecule has 9 heteroatoms. The molecule has 0 radical (unpaired) electrons. The summed E-state index contributed by atoms with van der Waals surface area (Å²) in [5.41, 5.74) is 1.16. The van der Waals surface area contributed by atoms with Crippen LogP contribution in [0.25, 0.3) is 5.69 Å². The van der Waals surface area contributed by atoms with Gasteiger partial charge in [-0.3, -0.25) is 9.36 Å². The summed E-state index contributed by atoms with van der Waals surface area (Å²) >= 11 is 0. The minimum atomic E-state index is -3.31. The third-order valence-electron chi connectivity index (χ3n) is 5.35. The highest BCUT2D eigenvalue weighted by molar-refractivity contribution is 7.90. The molecular weight excluding hydrogens is 444 g/mol. The smallest absolute Gasteiger partial charge is 0.410 e. The molecule has 0 spiro atoms. The molecule has 1 aliphatic heterocycles. The van der Waals surface area contributed by atoms with Gasteiger partial charge in [0.1, 0.15) is 18.5 Å². The van der Waals surface area contributed by atoms with Crippen LogP contribution in [0.15, 0.2) is 82.6 Å². The predicted molar refractivity (Wildman–Crippen MR) is 122 cm³/mol. The lowest BCUT2D eigenvalue weighted by Crippen LogP contribution is -2.31. The van der Waals surface area contributed by atoms with E-state index < -0.39 is 15.9 Å². The summed E-state index contributed by atoms with van der Waals surface area (Å²) in [5.74, 6) is 0.411. The van der Waals surface area contributed by atoms with E-state index >= 15 is 0 Å². The second kappa shape index (κ2) is 9.50. The summed E-state index contributed by atoms with van der Waals surface area (Å²) in [6.07, 6.45) is 2.72. The van der Waals surface area contributed by atoms with E-state index in [1.807, 2.05) is 30.3 Å². The summed E-state index contributed by atoms with van der Waals surface area (Å²) < 4.78 is 35.9. The summed E-state index contributed by atoms with van der Waals surface area (Å²) in [7, 11) is -3.31. The number of carbonyl (C=O) groups is 1. The Hall–Kier alpha value is -3.59. The molecule has 1 aromatic heterocycles. The number of benzene rings is 2. The van der Waals surface area contributed by atoms with Gasteiger partial charge in [-0.25, -0.2) is 13.2 Å². The summed E-state index contributed by atoms with van der Waals surface area (Å²) in [5, 5.41) is 0. The van der Waals surface area contributed by atoms with Gasteiger partial charge in [0.25, 0.3) is 5.56 Å². The molecule has 1 fully saturated rings. The van der Waals surface area contributed by atoms with Crippen LogP contribution in [0.4, 0.5) is 4.79 Å². The van der Waals surface area contributed by atoms with Gasteiger partial charge < -0.3 is 14.4 Å². The zero-order chi connectivity index (χ0) is 23.4. The zero-order valence-corrected chi connectivity index (χ0v) is 18.9. The van der Waals surface area contributed by atoms with Crippen molar-refractivity contribution < 1.29 is 22.7 Å². The molecule has 4 rings (SSSR count). The summed E-state index contributed by atoms with van der Waals surface area (Å²) in [4.78, 5) is 26.7. The first-order valence-corrected chi connectivity index (χ1v) is 12.3. The van der Waals surface area contributed by atoms with E-state index in [-0.39, 0.29) is 23.2 Å². The number of likely N-dealkylation sites (tertiary alicyclic amines) is 1. The Morgan fingerprint density at radius 1 is 1.06 bits per heavy atom. The zero-order valence-electron chi connectivity index (χ0n) is 18.1. The van der Waals surface area contributed by atoms with Gasteiger partial charge in [-0.15, -0.1) is 0 Å². The first-order valence-electron chi connectivity index (χ1n) is 10.4. The maximum absolute atomic E-state index is 12.6. The van der Waals surface area contributed by atoms with Gasteiger partial charge in [0.2, 0.25) is 0 Å². The van der Waals surface area contributed by atoms with E-state index in [1.54, 1.807) is 29.3 Å². The highest BCUT2D eigenvalue weighted by Crippen LogP contribution is 2.19. The highest BCUT2D eigenvalue weighted by atomic mass is 32.2. The van der Waals surface area contributed by atoms with Gasteiger partial charge in [-0.05, 0) is 35.9 Å². The molecule has 0 bridgehead atoms. The number of pyridine rings is 1. The second-order valence-corrected chi connectivity index (χ2v) is 9.87. The lowest BCUT2D eigenvalue weighted by atomic mass is 10.2. The number of sulfone groups is 1. The number of hydrogen-bond donors (Lipinski definition) is 0. The number of nitrogens with zero attached hydrogens (tertiary/aromatic N) is 2. The van der Waals surface area contributed by atoms with Crippen molar-refractivity contribution in [1.29, 1.82) is 0 Å². The van der Waals surface area contributed by atoms with Crippen LogP contribution in [0, 0.1) is 0 Å². The topological polar surface area (TPSA) is 94.9 Å². The molecule has 0 saturated carbocycles. The van der Waals surface area contributed by atoms with Crippen LogP contribution in [0.1, 0.15) is 12.0 Å². The molecule has 8 nitrogen and oxygen atoms in total. The Kier molecular flexibility index (Phi) is 6.50. The minimum Gasteiger partial charge on any atom is -0.488 e. The van der Waals surface area contributed by atoms with Gasteiger partial charge in [-0.2, -0.15) is 0 Å². The maximum Gasteiger partial charge on any atom is 0.410 e. The normalized spacial score (nSPS) is 15.9. The van der Waals surface area contributed by atoms with Crippen LogP contribution in [0.5, 0.6) is 5.75 Å². The standard InChI is InChI=1S/C24H24N2O6S/c1-33(29,30)22-9-7-19(8-10-22)26-14-12-20(15-23(26)27)32-21-11-13-25(16-21)24(28)31-17-18-5-3-2-4-6-18/h2-10,12,14-15,21H,11,13,16-17H2,1H3. The average Bonchev–Trinajstić information content (AvgIpc) is 3.26. The maximum atomic E-state index is 12.6. The van der Waals surface area contributed by atoms with Crippen molar-refractivity contribution in [3.05, 3.63) is 88.8 Å². The fraction of sp³-hybridized carbons (Fsp3) is 0.250. The molecular formula is C24H24N2O6S. The van der Waals surface area contributed by atoms with E-state index in [4.69, 9.17) is 9.47 Å². The number of aromatic nitrogens is 1. The lowest BCUT2D eigenvalue weighted by molar-refractivity contribution is 0.0991. The average molecular weight is 469 g/mol. The van der Waals surface area contributed by atoms with E-state index in [0.29, 0.717) is 30.9 Å². The fourth-order valence-corrected chi connectivity index (χ4v) is 4.23. The quantitative estimate of drug-likeness (QED) is 0.552. The van der Waals surface area contributed by atoms with E-state index in [9.17, 15) is 18.0 Å². The number of hydrogen-bond acceptors (Lipinski definition) is 6. The van der Waals surface area contributed by atoms with Crippen molar-refractivity contribution in [2.75, 3.05) is 19.3 Å². The molecule has 3 aromatic rings. The van der Waals surface area contributed by atoms with Crippen LogP contribution in [-0.4, -0.2) is 49.4 Å². The van der Waals surface area contributed by atoms with Gasteiger partial charge in [0.15, 0.2) is 9.84 Å². The molecule has 2 aromatic carbocycles. The van der Waals surface area contributed by atoms with Crippen molar-refractivity contribution in [2.45, 2.75) is 24.0 Å². The second-order valence-electron chi connectivity index (χ2n) is 7.85. The Bertz CT molecular complexity index is 1290. The molecule has 1 unspecified atom stereocenters. The Morgan fingerprint density at radius 2 is 1.79 bits per heavy atom. The van der Waals surface area contributed by atoms with Crippen molar-refractivity contribution in [2.24, 2.45) is 0 Å². The van der Waals surface area contributed by atoms with Crippen LogP contribution >= 0.6 is 0 Å². The number of ether oxygens (including phenoxy) is 2. The van der Waals surface area contributed by atoms with Gasteiger partial charge >= 0.3 is 6.09 Å². The summed E-state index contributed by atoms with van der Waals surface area (Å²) in [6, 6.07) is 18.6. The third-order valence-corrected chi connectivity index (χ3v) is 6.47. The molecule has 1 aliphatic rings. The molecule has 1 saturated heterocycles. The molecule has 1 atom stereocenters. The Balaban J connectivity index is 1.35. The molecule has 0 N–H and O–H groups in total. The third kappa shape index (κ3) is 5.61. The van der Waals surface area contributed by atoms with Crippen LogP contribution < -0.4 is 10.3 Å². The lowest BCUT2D eigenvalue weighted by Gasteiger charge is -2.17. The largest absolute Gasteiger partial charge is 0.488 e. The molecule has 0 aliphatic carbocycles. The van der Waals surface area contributed by atoms with Crippen molar-refractivity contribution in [3.8, 4) is 11.4 Å². The number of rotatable bonds is 6. The number of carbonyl (C=O) groups excluding carboxylic acids is 1. The molecule has 1 amide bonds. The van der Waals surface area contributed by atoms with Gasteiger partial charge in [0, 0.05) is 37.2 Å². The minimum absolute atomic E-state index is 0.187. The molecule has 172 valence electrons. The Labute approximate surface area is 191 Å². The summed E-state index contributed by atoms with van der Waals surface area (Å²) in [6.45, 7) is 1.11. The van der Waals surface area contributed by atoms with E-state index in [2.05, 4.69) is 0 Å². The van der Waals surface area contributed by atoms with Gasteiger partial charge in [-0.1, -0.05) is 30.3 Å². The van der Waals surface area contributed by atoms with Crippen molar-refractivity contribution in [1.82, 2.24) is 9.47 Å². The van der Waals surface area contributed by atoms with Crippen molar-refractivity contribution in [3.63, 3.8) is 0 Å². The van der Waals surface area contributed by atoms with Gasteiger partial charge in [0.05, 0.1) is 11.4 Å². The van der Waals surface area contributed by atoms with Crippen LogP contribution in [-0.2, 0) is 21.2 Å². The monoisotopic (exact) mass is 468 g/mol. The van der Waals surface area contributed by atoms with Crippen LogP contribution in [0.3, 0.4) is 0 Å². The number of amides is 1. The first kappa shape index (κ1) is 22.6. The van der Waals surface area contributed by atoms with E-state index in [0.717, 1.165) is 11.8 Å². The fourth-order valence-electron chi connectivity index (χ4n) is 3.59. The highest BCUT2D eigenvalue weighted by Gasteiger charge is 2.28. The SMILES string of the molecule is CS(=O)(=O)c1ccc(-n2ccc(OC3CCN(C(=O)OCc4ccccc4)C3)cc2=O)cc1. The molecule has 33 heavy (non-hydrogen) atoms.